The number of benzene rings is 1. The largest absolute Gasteiger partial charge is 0.324 e. The highest BCUT2D eigenvalue weighted by Gasteiger charge is 2.12. The summed E-state index contributed by atoms with van der Waals surface area (Å²) >= 11 is 9.31. The molecular formula is C12H16BrClN2O. The van der Waals surface area contributed by atoms with Crippen molar-refractivity contribution in [2.45, 2.75) is 26.3 Å². The van der Waals surface area contributed by atoms with Crippen molar-refractivity contribution in [1.29, 1.82) is 0 Å². The first kappa shape index (κ1) is 14.5. The Morgan fingerprint density at radius 1 is 1.41 bits per heavy atom. The molecule has 17 heavy (non-hydrogen) atoms. The highest BCUT2D eigenvalue weighted by molar-refractivity contribution is 9.10. The number of halogens is 2. The van der Waals surface area contributed by atoms with Gasteiger partial charge in [-0.2, -0.15) is 0 Å². The summed E-state index contributed by atoms with van der Waals surface area (Å²) in [5.74, 6) is -0.111. The zero-order valence-corrected chi connectivity index (χ0v) is 12.4. The average molecular weight is 320 g/mol. The fraction of sp³-hybridized carbons (Fsp3) is 0.417. The maximum absolute atomic E-state index is 11.7. The van der Waals surface area contributed by atoms with Gasteiger partial charge in [-0.05, 0) is 39.0 Å². The first-order valence-corrected chi connectivity index (χ1v) is 6.45. The van der Waals surface area contributed by atoms with Crippen molar-refractivity contribution in [3.8, 4) is 0 Å². The van der Waals surface area contributed by atoms with E-state index in [1.54, 1.807) is 12.1 Å². The quantitative estimate of drug-likeness (QED) is 0.896. The molecule has 0 saturated carbocycles. The van der Waals surface area contributed by atoms with Gasteiger partial charge in [0.1, 0.15) is 0 Å². The van der Waals surface area contributed by atoms with Crippen LogP contribution in [0.3, 0.4) is 0 Å². The van der Waals surface area contributed by atoms with E-state index < -0.39 is 0 Å². The van der Waals surface area contributed by atoms with Crippen LogP contribution >= 0.6 is 27.5 Å². The molecule has 0 aliphatic carbocycles. The predicted molar refractivity (Wildman–Crippen MR) is 75.5 cm³/mol. The van der Waals surface area contributed by atoms with Gasteiger partial charge >= 0.3 is 0 Å². The van der Waals surface area contributed by atoms with Gasteiger partial charge in [-0.1, -0.05) is 27.5 Å². The van der Waals surface area contributed by atoms with Crippen LogP contribution in [0.5, 0.6) is 0 Å². The zero-order chi connectivity index (χ0) is 13.1. The molecule has 1 rings (SSSR count). The number of carbonyl (C=O) groups is 1. The Labute approximate surface area is 115 Å². The van der Waals surface area contributed by atoms with Crippen molar-refractivity contribution in [2.75, 3.05) is 11.9 Å². The summed E-state index contributed by atoms with van der Waals surface area (Å²) in [6, 6.07) is 5.33. The van der Waals surface area contributed by atoms with Crippen molar-refractivity contribution in [3.05, 3.63) is 27.7 Å². The second-order valence-corrected chi connectivity index (χ2v) is 6.10. The van der Waals surface area contributed by atoms with Crippen molar-refractivity contribution < 1.29 is 4.79 Å². The summed E-state index contributed by atoms with van der Waals surface area (Å²) in [5, 5.41) is 6.39. The zero-order valence-electron chi connectivity index (χ0n) is 10.1. The van der Waals surface area contributed by atoms with E-state index in [4.69, 9.17) is 11.6 Å². The first-order chi connectivity index (χ1) is 7.78. The molecule has 0 unspecified atom stereocenters. The van der Waals surface area contributed by atoms with Crippen molar-refractivity contribution in [3.63, 3.8) is 0 Å². The number of anilines is 1. The molecule has 0 aliphatic heterocycles. The topological polar surface area (TPSA) is 41.1 Å². The number of rotatable bonds is 3. The highest BCUT2D eigenvalue weighted by Crippen LogP contribution is 2.25. The van der Waals surface area contributed by atoms with Crippen LogP contribution in [0.1, 0.15) is 20.8 Å². The third-order valence-electron chi connectivity index (χ3n) is 1.98. The normalized spacial score (nSPS) is 11.4. The van der Waals surface area contributed by atoms with Crippen LogP contribution in [0.25, 0.3) is 0 Å². The average Bonchev–Trinajstić information content (AvgIpc) is 2.20. The summed E-state index contributed by atoms with van der Waals surface area (Å²) in [4.78, 5) is 11.7. The monoisotopic (exact) mass is 318 g/mol. The lowest BCUT2D eigenvalue weighted by molar-refractivity contribution is -0.115. The Kier molecular flexibility index (Phi) is 4.98. The third kappa shape index (κ3) is 5.52. The molecule has 1 aromatic carbocycles. The molecule has 3 nitrogen and oxygen atoms in total. The van der Waals surface area contributed by atoms with Gasteiger partial charge in [-0.3, -0.25) is 4.79 Å². The van der Waals surface area contributed by atoms with Crippen molar-refractivity contribution in [1.82, 2.24) is 5.32 Å². The van der Waals surface area contributed by atoms with Crippen LogP contribution in [-0.4, -0.2) is 18.0 Å². The molecule has 0 spiro atoms. The van der Waals surface area contributed by atoms with E-state index in [2.05, 4.69) is 26.6 Å². The predicted octanol–water partition coefficient (Wildman–Crippen LogP) is 3.43. The van der Waals surface area contributed by atoms with Crippen LogP contribution < -0.4 is 10.6 Å². The van der Waals surface area contributed by atoms with Gasteiger partial charge < -0.3 is 10.6 Å². The fourth-order valence-electron chi connectivity index (χ4n) is 1.13. The van der Waals surface area contributed by atoms with E-state index in [1.807, 2.05) is 26.8 Å². The van der Waals surface area contributed by atoms with Crippen molar-refractivity contribution in [2.24, 2.45) is 0 Å². The first-order valence-electron chi connectivity index (χ1n) is 5.28. The third-order valence-corrected chi connectivity index (χ3v) is 2.80. The number of hydrogen-bond acceptors (Lipinski definition) is 2. The van der Waals surface area contributed by atoms with Gasteiger partial charge in [0.25, 0.3) is 0 Å². The van der Waals surface area contributed by atoms with Crippen LogP contribution in [0.4, 0.5) is 5.69 Å². The highest BCUT2D eigenvalue weighted by atomic mass is 79.9. The van der Waals surface area contributed by atoms with Gasteiger partial charge in [0, 0.05) is 10.0 Å². The van der Waals surface area contributed by atoms with E-state index in [0.29, 0.717) is 10.7 Å². The van der Waals surface area contributed by atoms with E-state index in [1.165, 1.54) is 0 Å². The van der Waals surface area contributed by atoms with Crippen LogP contribution in [0, 0.1) is 0 Å². The van der Waals surface area contributed by atoms with Crippen LogP contribution in [-0.2, 0) is 4.79 Å². The number of carbonyl (C=O) groups excluding carboxylic acids is 1. The summed E-state index contributed by atoms with van der Waals surface area (Å²) in [6.45, 7) is 6.28. The molecule has 5 heteroatoms. The second-order valence-electron chi connectivity index (χ2n) is 4.78. The van der Waals surface area contributed by atoms with Crippen LogP contribution in [0.2, 0.25) is 5.02 Å². The molecular weight excluding hydrogens is 304 g/mol. The molecule has 0 heterocycles. The molecule has 0 bridgehead atoms. The Morgan fingerprint density at radius 2 is 2.06 bits per heavy atom. The summed E-state index contributed by atoms with van der Waals surface area (Å²) in [5.41, 5.74) is 0.528. The Hall–Kier alpha value is -0.580. The molecule has 0 atom stereocenters. The minimum Gasteiger partial charge on any atom is -0.324 e. The van der Waals surface area contributed by atoms with Gasteiger partial charge in [-0.15, -0.1) is 0 Å². The van der Waals surface area contributed by atoms with Gasteiger partial charge in [0.2, 0.25) is 5.91 Å². The Balaban J connectivity index is 2.59. The SMILES string of the molecule is CC(C)(C)NCC(=O)Nc1cc(Br)ccc1Cl. The molecule has 0 fully saturated rings. The lowest BCUT2D eigenvalue weighted by Crippen LogP contribution is -2.41. The van der Waals surface area contributed by atoms with Gasteiger partial charge in [-0.25, -0.2) is 0 Å². The molecule has 2 N–H and O–H groups in total. The molecule has 1 amide bonds. The second kappa shape index (κ2) is 5.85. The number of nitrogens with one attached hydrogen (secondary N) is 2. The smallest absolute Gasteiger partial charge is 0.238 e. The number of amides is 1. The minimum absolute atomic E-state index is 0.0849. The molecule has 1 aromatic rings. The van der Waals surface area contributed by atoms with E-state index in [-0.39, 0.29) is 18.0 Å². The molecule has 0 saturated heterocycles. The van der Waals surface area contributed by atoms with Gasteiger partial charge in [0.15, 0.2) is 0 Å². The van der Waals surface area contributed by atoms with Crippen molar-refractivity contribution >= 4 is 39.1 Å². The maximum Gasteiger partial charge on any atom is 0.238 e. The van der Waals surface area contributed by atoms with E-state index >= 15 is 0 Å². The molecule has 0 radical (unpaired) electrons. The Morgan fingerprint density at radius 3 is 2.65 bits per heavy atom. The number of hydrogen-bond donors (Lipinski definition) is 2. The summed E-state index contributed by atoms with van der Waals surface area (Å²) < 4.78 is 0.876. The Bertz CT molecular complexity index is 415. The standard InChI is InChI=1S/C12H16BrClN2O/c1-12(2,3)15-7-11(17)16-10-6-8(13)4-5-9(10)14/h4-6,15H,7H2,1-3H3,(H,16,17). The van der Waals surface area contributed by atoms with Gasteiger partial charge in [0.05, 0.1) is 17.3 Å². The lowest BCUT2D eigenvalue weighted by atomic mass is 10.1. The molecule has 94 valence electrons. The minimum atomic E-state index is -0.111. The van der Waals surface area contributed by atoms with Crippen LogP contribution in [0.15, 0.2) is 22.7 Å². The van der Waals surface area contributed by atoms with E-state index in [0.717, 1.165) is 4.47 Å². The summed E-state index contributed by atoms with van der Waals surface area (Å²) in [7, 11) is 0. The fourth-order valence-corrected chi connectivity index (χ4v) is 1.66. The molecule has 0 aromatic heterocycles. The van der Waals surface area contributed by atoms with E-state index in [9.17, 15) is 4.79 Å². The summed E-state index contributed by atoms with van der Waals surface area (Å²) in [6.07, 6.45) is 0. The lowest BCUT2D eigenvalue weighted by Gasteiger charge is -2.20. The maximum atomic E-state index is 11.7. The molecule has 0 aliphatic rings.